The summed E-state index contributed by atoms with van der Waals surface area (Å²) in [6, 6.07) is 13.9. The zero-order valence-corrected chi connectivity index (χ0v) is 25.3. The number of unbranched alkanes of at least 4 members (excludes halogenated alkanes) is 2. The van der Waals surface area contributed by atoms with E-state index in [1.165, 1.54) is 61.5 Å². The number of carbonyl (C=O) groups is 2. The highest BCUT2D eigenvalue weighted by molar-refractivity contribution is 5.86. The van der Waals surface area contributed by atoms with Gasteiger partial charge in [0, 0.05) is 29.5 Å². The molecule has 0 fully saturated rings. The first-order chi connectivity index (χ1) is 21.9. The van der Waals surface area contributed by atoms with E-state index in [4.69, 9.17) is 14.2 Å². The van der Waals surface area contributed by atoms with E-state index in [2.05, 4.69) is 35.0 Å². The molecule has 0 spiro atoms. The van der Waals surface area contributed by atoms with Gasteiger partial charge >= 0.3 is 18.2 Å². The lowest BCUT2D eigenvalue weighted by molar-refractivity contribution is -0.188. The Morgan fingerprint density at radius 1 is 0.804 bits per heavy atom. The highest BCUT2D eigenvalue weighted by atomic mass is 19.3. The fraction of sp³-hybridized carbons (Fsp3) is 0.278. The second kappa shape index (κ2) is 16.7. The lowest BCUT2D eigenvalue weighted by atomic mass is 10.1. The largest absolute Gasteiger partial charge is 0.468 e. The highest BCUT2D eigenvalue weighted by Gasteiger charge is 2.36. The first kappa shape index (κ1) is 35.3. The molecule has 0 bridgehead atoms. The SMILES string of the molecule is C=C(C)C(=O)OCCCC#Cc1ccc(C(F)(F)Oc2ccc(OC(F)(F)c3ccc(C#CCCCOC=O)cc3)cc2C)cc1. The predicted octanol–water partition coefficient (Wildman–Crippen LogP) is 7.81. The summed E-state index contributed by atoms with van der Waals surface area (Å²) in [6.45, 7) is 7.30. The minimum Gasteiger partial charge on any atom is -0.468 e. The maximum atomic E-state index is 15.0. The summed E-state index contributed by atoms with van der Waals surface area (Å²) in [5, 5.41) is 0. The molecule has 0 heterocycles. The van der Waals surface area contributed by atoms with Crippen LogP contribution in [0, 0.1) is 30.6 Å². The molecule has 0 radical (unpaired) electrons. The Hall–Kier alpha value is -5.22. The molecule has 0 N–H and O–H groups in total. The summed E-state index contributed by atoms with van der Waals surface area (Å²) in [7, 11) is 0. The zero-order chi connectivity index (χ0) is 33.6. The van der Waals surface area contributed by atoms with Gasteiger partial charge in [0.05, 0.1) is 24.3 Å². The second-order valence-electron chi connectivity index (χ2n) is 10.0. The Labute approximate surface area is 265 Å². The summed E-state index contributed by atoms with van der Waals surface area (Å²) in [5.74, 6) is 10.5. The fourth-order valence-electron chi connectivity index (χ4n) is 3.77. The van der Waals surface area contributed by atoms with Crippen LogP contribution in [0.15, 0.2) is 78.9 Å². The van der Waals surface area contributed by atoms with E-state index in [9.17, 15) is 27.2 Å². The number of esters is 1. The molecule has 10 heteroatoms. The average Bonchev–Trinajstić information content (AvgIpc) is 3.02. The van der Waals surface area contributed by atoms with Crippen LogP contribution in [0.4, 0.5) is 17.6 Å². The van der Waals surface area contributed by atoms with Gasteiger partial charge in [0.25, 0.3) is 6.47 Å². The number of rotatable bonds is 14. The van der Waals surface area contributed by atoms with Crippen LogP contribution < -0.4 is 9.47 Å². The summed E-state index contributed by atoms with van der Waals surface area (Å²) in [4.78, 5) is 21.5. The number of alkyl halides is 4. The van der Waals surface area contributed by atoms with Crippen LogP contribution in [0.1, 0.15) is 60.4 Å². The van der Waals surface area contributed by atoms with E-state index in [0.717, 1.165) is 12.1 Å². The molecule has 240 valence electrons. The minimum absolute atomic E-state index is 0.161. The Kier molecular flexibility index (Phi) is 12.8. The molecular weight excluding hydrogens is 604 g/mol. The normalized spacial score (nSPS) is 10.8. The van der Waals surface area contributed by atoms with Crippen LogP contribution in [-0.2, 0) is 31.3 Å². The van der Waals surface area contributed by atoms with E-state index >= 15 is 0 Å². The second-order valence-corrected chi connectivity index (χ2v) is 10.0. The van der Waals surface area contributed by atoms with Gasteiger partial charge in [-0.1, -0.05) is 30.3 Å². The van der Waals surface area contributed by atoms with Crippen LogP contribution in [0.25, 0.3) is 0 Å². The van der Waals surface area contributed by atoms with E-state index in [0.29, 0.717) is 48.9 Å². The summed E-state index contributed by atoms with van der Waals surface area (Å²) in [6.07, 6.45) is -5.44. The third-order valence-corrected chi connectivity index (χ3v) is 6.20. The van der Waals surface area contributed by atoms with Crippen LogP contribution in [0.2, 0.25) is 0 Å². The molecular formula is C36H32F4O6. The van der Waals surface area contributed by atoms with Crippen molar-refractivity contribution in [3.8, 4) is 35.2 Å². The van der Waals surface area contributed by atoms with Crippen LogP contribution in [0.5, 0.6) is 11.5 Å². The number of aryl methyl sites for hydroxylation is 1. The average molecular weight is 637 g/mol. The molecule has 0 amide bonds. The third kappa shape index (κ3) is 11.0. The molecule has 46 heavy (non-hydrogen) atoms. The number of halogens is 4. The van der Waals surface area contributed by atoms with Gasteiger partial charge in [-0.15, -0.1) is 0 Å². The van der Waals surface area contributed by atoms with E-state index < -0.39 is 29.3 Å². The fourth-order valence-corrected chi connectivity index (χ4v) is 3.77. The molecule has 6 nitrogen and oxygen atoms in total. The van der Waals surface area contributed by atoms with E-state index in [-0.39, 0.29) is 30.3 Å². The minimum atomic E-state index is -3.72. The summed E-state index contributed by atoms with van der Waals surface area (Å²) < 4.78 is 79.1. The van der Waals surface area contributed by atoms with Crippen molar-refractivity contribution in [1.82, 2.24) is 0 Å². The first-order valence-electron chi connectivity index (χ1n) is 14.2. The zero-order valence-electron chi connectivity index (χ0n) is 25.3. The van der Waals surface area contributed by atoms with Crippen LogP contribution in [-0.4, -0.2) is 25.7 Å². The van der Waals surface area contributed by atoms with Crippen molar-refractivity contribution in [3.63, 3.8) is 0 Å². The van der Waals surface area contributed by atoms with Crippen LogP contribution in [0.3, 0.4) is 0 Å². The Morgan fingerprint density at radius 3 is 1.83 bits per heavy atom. The van der Waals surface area contributed by atoms with Gasteiger partial charge in [0.15, 0.2) is 0 Å². The Balaban J connectivity index is 1.56. The molecule has 0 saturated heterocycles. The van der Waals surface area contributed by atoms with Crippen molar-refractivity contribution in [2.45, 2.75) is 51.7 Å². The quantitative estimate of drug-likeness (QED) is 0.0449. The van der Waals surface area contributed by atoms with E-state index in [1.807, 2.05) is 0 Å². The van der Waals surface area contributed by atoms with Gasteiger partial charge in [-0.25, -0.2) is 4.79 Å². The monoisotopic (exact) mass is 636 g/mol. The van der Waals surface area contributed by atoms with Gasteiger partial charge in [0.2, 0.25) is 0 Å². The molecule has 0 aliphatic heterocycles. The summed E-state index contributed by atoms with van der Waals surface area (Å²) in [5.41, 5.74) is 0.667. The molecule has 0 atom stereocenters. The Morgan fingerprint density at radius 2 is 1.33 bits per heavy atom. The molecule has 0 aliphatic rings. The van der Waals surface area contributed by atoms with Crippen molar-refractivity contribution in [2.24, 2.45) is 0 Å². The maximum Gasteiger partial charge on any atom is 0.426 e. The van der Waals surface area contributed by atoms with Gasteiger partial charge < -0.3 is 18.9 Å². The number of hydrogen-bond donors (Lipinski definition) is 0. The smallest absolute Gasteiger partial charge is 0.426 e. The van der Waals surface area contributed by atoms with Crippen molar-refractivity contribution in [1.29, 1.82) is 0 Å². The van der Waals surface area contributed by atoms with Crippen molar-refractivity contribution < 1.29 is 46.1 Å². The molecule has 0 aromatic heterocycles. The van der Waals surface area contributed by atoms with Gasteiger partial charge in [-0.3, -0.25) is 4.79 Å². The van der Waals surface area contributed by atoms with Gasteiger partial charge in [-0.05, 0) is 99.0 Å². The number of ether oxygens (including phenoxy) is 4. The molecule has 0 aliphatic carbocycles. The van der Waals surface area contributed by atoms with Crippen LogP contribution >= 0.6 is 0 Å². The summed E-state index contributed by atoms with van der Waals surface area (Å²) >= 11 is 0. The van der Waals surface area contributed by atoms with Crippen molar-refractivity contribution in [2.75, 3.05) is 13.2 Å². The first-order valence-corrected chi connectivity index (χ1v) is 14.2. The maximum absolute atomic E-state index is 15.0. The van der Waals surface area contributed by atoms with Gasteiger partial charge in [-0.2, -0.15) is 17.6 Å². The van der Waals surface area contributed by atoms with Crippen molar-refractivity contribution in [3.05, 3.63) is 107 Å². The number of hydrogen-bond acceptors (Lipinski definition) is 6. The predicted molar refractivity (Wildman–Crippen MR) is 163 cm³/mol. The Bertz CT molecular complexity index is 1630. The molecule has 3 aromatic carbocycles. The lowest BCUT2D eigenvalue weighted by Gasteiger charge is -2.21. The molecule has 3 aromatic rings. The van der Waals surface area contributed by atoms with Crippen molar-refractivity contribution >= 4 is 12.4 Å². The highest BCUT2D eigenvalue weighted by Crippen LogP contribution is 2.37. The number of benzene rings is 3. The number of carbonyl (C=O) groups excluding carboxylic acids is 2. The van der Waals surface area contributed by atoms with Gasteiger partial charge in [0.1, 0.15) is 11.5 Å². The molecule has 0 unspecified atom stereocenters. The third-order valence-electron chi connectivity index (χ3n) is 6.20. The standard InChI is InChI=1S/C36H32F4O6/c1-26(2)34(42)44-23-9-5-7-11-29-14-18-31(19-15-29)36(39,40)46-33-21-20-32(24-27(33)3)45-35(37,38)30-16-12-28(13-17-30)10-6-4-8-22-43-25-41/h12-21,24-25H,1,4-5,8-9,22-23H2,2-3H3. The molecule has 0 saturated carbocycles. The van der Waals surface area contributed by atoms with E-state index in [1.54, 1.807) is 6.92 Å². The molecule has 3 rings (SSSR count). The topological polar surface area (TPSA) is 71.1 Å². The lowest BCUT2D eigenvalue weighted by Crippen LogP contribution is -2.23.